The van der Waals surface area contributed by atoms with E-state index in [1.165, 1.54) is 0 Å². The minimum absolute atomic E-state index is 0. The Labute approximate surface area is 141 Å². The standard InChI is InChI=1S/C15H21N3O4.ClH/c1-21-12-4-2-3-11(9-12)14(19)17-5-6-18-15(20)13-10-22-8-7-16-13;/h2-4,9,13,16H,5-8,10H2,1H3,(H,17,19)(H,18,20);1H. The van der Waals surface area contributed by atoms with Crippen LogP contribution in [0.2, 0.25) is 0 Å². The molecule has 8 heteroatoms. The van der Waals surface area contributed by atoms with Crippen molar-refractivity contribution in [3.63, 3.8) is 0 Å². The smallest absolute Gasteiger partial charge is 0.251 e. The topological polar surface area (TPSA) is 88.7 Å². The van der Waals surface area contributed by atoms with E-state index in [4.69, 9.17) is 9.47 Å². The summed E-state index contributed by atoms with van der Waals surface area (Å²) in [6, 6.07) is 6.58. The molecule has 0 spiro atoms. The molecule has 3 N–H and O–H groups in total. The number of rotatable bonds is 6. The van der Waals surface area contributed by atoms with Gasteiger partial charge in [-0.05, 0) is 18.2 Å². The molecule has 1 aromatic rings. The van der Waals surface area contributed by atoms with Gasteiger partial charge in [0.2, 0.25) is 5.91 Å². The summed E-state index contributed by atoms with van der Waals surface area (Å²) in [4.78, 5) is 23.8. The molecular weight excluding hydrogens is 322 g/mol. The number of hydrogen-bond acceptors (Lipinski definition) is 5. The van der Waals surface area contributed by atoms with Crippen molar-refractivity contribution in [3.8, 4) is 5.75 Å². The monoisotopic (exact) mass is 343 g/mol. The number of amides is 2. The fraction of sp³-hybridized carbons (Fsp3) is 0.467. The Hall–Kier alpha value is -1.83. The summed E-state index contributed by atoms with van der Waals surface area (Å²) in [7, 11) is 1.55. The van der Waals surface area contributed by atoms with E-state index in [1.807, 2.05) is 0 Å². The van der Waals surface area contributed by atoms with Gasteiger partial charge in [-0.2, -0.15) is 0 Å². The highest BCUT2D eigenvalue weighted by Crippen LogP contribution is 2.12. The van der Waals surface area contributed by atoms with Gasteiger partial charge in [0, 0.05) is 25.2 Å². The van der Waals surface area contributed by atoms with E-state index in [0.717, 1.165) is 0 Å². The van der Waals surface area contributed by atoms with Gasteiger partial charge in [-0.25, -0.2) is 0 Å². The minimum Gasteiger partial charge on any atom is -0.497 e. The third-order valence-electron chi connectivity index (χ3n) is 3.28. The van der Waals surface area contributed by atoms with E-state index in [1.54, 1.807) is 31.4 Å². The lowest BCUT2D eigenvalue weighted by Gasteiger charge is -2.22. The molecule has 1 saturated heterocycles. The number of carbonyl (C=O) groups excluding carboxylic acids is 2. The number of carbonyl (C=O) groups is 2. The molecule has 1 heterocycles. The third-order valence-corrected chi connectivity index (χ3v) is 3.28. The molecule has 128 valence electrons. The molecule has 1 unspecified atom stereocenters. The van der Waals surface area contributed by atoms with Crippen LogP contribution in [0, 0.1) is 0 Å². The SMILES string of the molecule is COc1cccc(C(=O)NCCNC(=O)C2COCCN2)c1.Cl. The minimum atomic E-state index is -0.317. The zero-order valence-corrected chi connectivity index (χ0v) is 13.8. The van der Waals surface area contributed by atoms with Gasteiger partial charge in [0.1, 0.15) is 11.8 Å². The fourth-order valence-corrected chi connectivity index (χ4v) is 2.09. The quantitative estimate of drug-likeness (QED) is 0.630. The summed E-state index contributed by atoms with van der Waals surface area (Å²) < 4.78 is 10.3. The second-order valence-corrected chi connectivity index (χ2v) is 4.86. The van der Waals surface area contributed by atoms with Gasteiger partial charge in [0.15, 0.2) is 0 Å². The van der Waals surface area contributed by atoms with Gasteiger partial charge >= 0.3 is 0 Å². The predicted octanol–water partition coefficient (Wildman–Crippen LogP) is -0.0486. The first-order valence-electron chi connectivity index (χ1n) is 7.22. The Kier molecular flexibility index (Phi) is 8.39. The lowest BCUT2D eigenvalue weighted by atomic mass is 10.2. The van der Waals surface area contributed by atoms with Crippen LogP contribution in [-0.4, -0.2) is 57.8 Å². The average molecular weight is 344 g/mol. The number of benzene rings is 1. The Morgan fingerprint density at radius 3 is 2.83 bits per heavy atom. The van der Waals surface area contributed by atoms with Crippen molar-refractivity contribution in [3.05, 3.63) is 29.8 Å². The zero-order chi connectivity index (χ0) is 15.8. The molecule has 1 aliphatic heterocycles. The lowest BCUT2D eigenvalue weighted by Crippen LogP contribution is -2.52. The van der Waals surface area contributed by atoms with Crippen LogP contribution < -0.4 is 20.7 Å². The molecule has 1 aromatic carbocycles. The highest BCUT2D eigenvalue weighted by molar-refractivity contribution is 5.94. The maximum Gasteiger partial charge on any atom is 0.251 e. The summed E-state index contributed by atoms with van der Waals surface area (Å²) in [5.74, 6) is 0.312. The number of halogens is 1. The van der Waals surface area contributed by atoms with Crippen molar-refractivity contribution < 1.29 is 19.1 Å². The molecule has 0 saturated carbocycles. The molecule has 7 nitrogen and oxygen atoms in total. The van der Waals surface area contributed by atoms with E-state index in [0.29, 0.717) is 44.2 Å². The van der Waals surface area contributed by atoms with Crippen LogP contribution in [0.5, 0.6) is 5.75 Å². The van der Waals surface area contributed by atoms with Crippen LogP contribution in [0.3, 0.4) is 0 Å². The highest BCUT2D eigenvalue weighted by Gasteiger charge is 2.20. The first kappa shape index (κ1) is 19.2. The summed E-state index contributed by atoms with van der Waals surface area (Å²) in [6.45, 7) is 2.40. The zero-order valence-electron chi connectivity index (χ0n) is 13.0. The number of ether oxygens (including phenoxy) is 2. The van der Waals surface area contributed by atoms with Crippen molar-refractivity contribution in [1.29, 1.82) is 0 Å². The normalized spacial score (nSPS) is 16.8. The molecular formula is C15H22ClN3O4. The molecule has 0 bridgehead atoms. The lowest BCUT2D eigenvalue weighted by molar-refractivity contribution is -0.125. The summed E-state index contributed by atoms with van der Waals surface area (Å²) in [6.07, 6.45) is 0. The van der Waals surface area contributed by atoms with E-state index >= 15 is 0 Å². The summed E-state index contributed by atoms with van der Waals surface area (Å²) in [5.41, 5.74) is 0.521. The molecule has 2 rings (SSSR count). The molecule has 1 atom stereocenters. The number of hydrogen-bond donors (Lipinski definition) is 3. The maximum absolute atomic E-state index is 11.9. The van der Waals surface area contributed by atoms with Gasteiger partial charge in [-0.15, -0.1) is 12.4 Å². The first-order chi connectivity index (χ1) is 10.7. The van der Waals surface area contributed by atoms with Crippen molar-refractivity contribution >= 4 is 24.2 Å². The molecule has 2 amide bonds. The Balaban J connectivity index is 0.00000264. The van der Waals surface area contributed by atoms with Gasteiger partial charge < -0.3 is 25.4 Å². The van der Waals surface area contributed by atoms with E-state index in [-0.39, 0.29) is 30.3 Å². The van der Waals surface area contributed by atoms with Crippen molar-refractivity contribution in [2.45, 2.75) is 6.04 Å². The summed E-state index contributed by atoms with van der Waals surface area (Å²) in [5, 5.41) is 8.58. The summed E-state index contributed by atoms with van der Waals surface area (Å²) >= 11 is 0. The van der Waals surface area contributed by atoms with Crippen LogP contribution in [-0.2, 0) is 9.53 Å². The third kappa shape index (κ3) is 6.05. The van der Waals surface area contributed by atoms with Crippen LogP contribution >= 0.6 is 12.4 Å². The Morgan fingerprint density at radius 1 is 1.35 bits per heavy atom. The van der Waals surface area contributed by atoms with Crippen molar-refractivity contribution in [2.75, 3.05) is 40.0 Å². The average Bonchev–Trinajstić information content (AvgIpc) is 2.59. The fourth-order valence-electron chi connectivity index (χ4n) is 2.09. The second-order valence-electron chi connectivity index (χ2n) is 4.86. The molecule has 0 radical (unpaired) electrons. The molecule has 1 fully saturated rings. The Morgan fingerprint density at radius 2 is 2.13 bits per heavy atom. The van der Waals surface area contributed by atoms with E-state index in [2.05, 4.69) is 16.0 Å². The molecule has 0 aliphatic carbocycles. The van der Waals surface area contributed by atoms with E-state index in [9.17, 15) is 9.59 Å². The Bertz CT molecular complexity index is 521. The van der Waals surface area contributed by atoms with E-state index < -0.39 is 0 Å². The first-order valence-corrected chi connectivity index (χ1v) is 7.22. The van der Waals surface area contributed by atoms with Crippen LogP contribution in [0.1, 0.15) is 10.4 Å². The van der Waals surface area contributed by atoms with Crippen LogP contribution in [0.15, 0.2) is 24.3 Å². The predicted molar refractivity (Wildman–Crippen MR) is 88.2 cm³/mol. The van der Waals surface area contributed by atoms with Crippen molar-refractivity contribution in [2.24, 2.45) is 0 Å². The van der Waals surface area contributed by atoms with Crippen LogP contribution in [0.25, 0.3) is 0 Å². The maximum atomic E-state index is 11.9. The second kappa shape index (κ2) is 10.0. The number of nitrogens with one attached hydrogen (secondary N) is 3. The number of morpholine rings is 1. The van der Waals surface area contributed by atoms with Gasteiger partial charge in [0.25, 0.3) is 5.91 Å². The molecule has 0 aromatic heterocycles. The van der Waals surface area contributed by atoms with Crippen LogP contribution in [0.4, 0.5) is 0 Å². The van der Waals surface area contributed by atoms with Crippen molar-refractivity contribution in [1.82, 2.24) is 16.0 Å². The molecule has 23 heavy (non-hydrogen) atoms. The highest BCUT2D eigenvalue weighted by atomic mass is 35.5. The van der Waals surface area contributed by atoms with Gasteiger partial charge in [0.05, 0.1) is 20.3 Å². The largest absolute Gasteiger partial charge is 0.497 e. The molecule has 1 aliphatic rings. The number of methoxy groups -OCH3 is 1. The van der Waals surface area contributed by atoms with Gasteiger partial charge in [-0.3, -0.25) is 9.59 Å². The van der Waals surface area contributed by atoms with Gasteiger partial charge in [-0.1, -0.05) is 6.07 Å².